The summed E-state index contributed by atoms with van der Waals surface area (Å²) in [5.41, 5.74) is 8.90. The molecular formula is C50H78Cl2SiZr. The molecule has 4 heteroatoms. The fraction of sp³-hybridized carbons (Fsp3) is 0.720. The second kappa shape index (κ2) is 17.4. The van der Waals surface area contributed by atoms with Crippen molar-refractivity contribution in [3.05, 3.63) is 85.6 Å². The van der Waals surface area contributed by atoms with Gasteiger partial charge in [-0.3, -0.25) is 0 Å². The summed E-state index contributed by atoms with van der Waals surface area (Å²) >= 11 is -0.826. The Labute approximate surface area is 354 Å². The van der Waals surface area contributed by atoms with Crippen LogP contribution in [0.3, 0.4) is 0 Å². The summed E-state index contributed by atoms with van der Waals surface area (Å²) in [6.07, 6.45) is 15.1. The molecule has 0 aromatic heterocycles. The van der Waals surface area contributed by atoms with E-state index in [-0.39, 0.29) is 25.7 Å². The van der Waals surface area contributed by atoms with Crippen molar-refractivity contribution in [1.29, 1.82) is 0 Å². The Morgan fingerprint density at radius 3 is 1.17 bits per heavy atom. The second-order valence-electron chi connectivity index (χ2n) is 22.0. The second-order valence-corrected chi connectivity index (χ2v) is 30.7. The van der Waals surface area contributed by atoms with E-state index < -0.39 is 28.9 Å². The monoisotopic (exact) mass is 866 g/mol. The van der Waals surface area contributed by atoms with Gasteiger partial charge in [-0.15, -0.1) is 0 Å². The molecule has 14 atom stereocenters. The van der Waals surface area contributed by atoms with Crippen LogP contribution in [0.1, 0.15) is 154 Å². The van der Waals surface area contributed by atoms with Gasteiger partial charge in [0.05, 0.1) is 8.07 Å². The van der Waals surface area contributed by atoms with Gasteiger partial charge in [-0.1, -0.05) is 143 Å². The molecule has 0 nitrogen and oxygen atoms in total. The van der Waals surface area contributed by atoms with Crippen LogP contribution in [0, 0.1) is 74.0 Å². The molecule has 6 saturated carbocycles. The molecule has 14 unspecified atom stereocenters. The third kappa shape index (κ3) is 8.30. The van der Waals surface area contributed by atoms with Crippen LogP contribution in [0.25, 0.3) is 0 Å². The van der Waals surface area contributed by atoms with Gasteiger partial charge in [0.1, 0.15) is 0 Å². The van der Waals surface area contributed by atoms with E-state index >= 15 is 0 Å². The first-order chi connectivity index (χ1) is 24.6. The number of hydrogen-bond acceptors (Lipinski definition) is 0. The van der Waals surface area contributed by atoms with Gasteiger partial charge in [-0.05, 0) is 154 Å². The van der Waals surface area contributed by atoms with E-state index in [9.17, 15) is 0 Å². The quantitative estimate of drug-likeness (QED) is 0.212. The van der Waals surface area contributed by atoms with Crippen LogP contribution in [0.4, 0.5) is 0 Å². The Balaban J connectivity index is 0.00000109. The Kier molecular flexibility index (Phi) is 14.6. The number of rotatable bonds is 4. The molecule has 0 spiro atoms. The molecule has 2 aromatic rings. The van der Waals surface area contributed by atoms with E-state index in [1.807, 2.05) is 0 Å². The molecule has 0 aliphatic heterocycles. The van der Waals surface area contributed by atoms with Crippen molar-refractivity contribution in [3.8, 4) is 0 Å². The van der Waals surface area contributed by atoms with Gasteiger partial charge in [-0.25, -0.2) is 0 Å². The van der Waals surface area contributed by atoms with E-state index in [0.29, 0.717) is 0 Å². The van der Waals surface area contributed by atoms with Crippen molar-refractivity contribution in [3.63, 3.8) is 0 Å². The van der Waals surface area contributed by atoms with E-state index in [0.717, 1.165) is 82.1 Å². The molecule has 8 rings (SSSR count). The van der Waals surface area contributed by atoms with Gasteiger partial charge in [-0.2, -0.15) is 0 Å². The minimum absolute atomic E-state index is 0. The van der Waals surface area contributed by atoms with Crippen molar-refractivity contribution in [1.82, 2.24) is 0 Å². The van der Waals surface area contributed by atoms with Gasteiger partial charge in [0.25, 0.3) is 0 Å². The molecule has 0 bridgehead atoms. The molecule has 0 heterocycles. The molecule has 300 valence electrons. The standard InChI is InChI=1S/C48H72Si.2CH3.2ClH.Zr/c1-29-25-39-41(27-33-13-11-15-37(33)43(39)31-17-21-35(22-18-31)47(3,4)5)45(29)49(9,10)46-30(2)26-40-42(46)28-34-14-12-16-38(34)44(40)32-19-23-36(24-20-32)48(6,7)8;;;;;/h17-24,29-30,33-34,37-46H,11-16,25-28H2,1-10H3;2*1H3;2*1H;/q;2*-1;;;+4/p-2. The predicted molar refractivity (Wildman–Crippen MR) is 238 cm³/mol. The summed E-state index contributed by atoms with van der Waals surface area (Å²) in [4.78, 5) is 0. The molecular weight excluding hydrogens is 791 g/mol. The van der Waals surface area contributed by atoms with Crippen LogP contribution >= 0.6 is 17.0 Å². The number of halogens is 2. The van der Waals surface area contributed by atoms with Crippen LogP contribution in [0.5, 0.6) is 0 Å². The van der Waals surface area contributed by atoms with E-state index in [1.54, 1.807) is 24.0 Å². The first kappa shape index (κ1) is 45.2. The molecule has 6 fully saturated rings. The van der Waals surface area contributed by atoms with Crippen LogP contribution in [0.15, 0.2) is 48.5 Å². The average molecular weight is 869 g/mol. The van der Waals surface area contributed by atoms with Gasteiger partial charge in [0.2, 0.25) is 0 Å². The van der Waals surface area contributed by atoms with Gasteiger partial charge in [0.15, 0.2) is 0 Å². The van der Waals surface area contributed by atoms with Crippen molar-refractivity contribution >= 4 is 25.1 Å². The molecule has 6 aliphatic rings. The minimum atomic E-state index is -1.60. The van der Waals surface area contributed by atoms with Crippen LogP contribution < -0.4 is 0 Å². The summed E-state index contributed by atoms with van der Waals surface area (Å²) in [7, 11) is 8.27. The first-order valence-electron chi connectivity index (χ1n) is 21.7. The maximum atomic E-state index is 4.93. The van der Waals surface area contributed by atoms with Crippen molar-refractivity contribution in [2.24, 2.45) is 59.2 Å². The SMILES string of the molecule is CC1CC2C(CC3CCCC3C2c2ccc(C(C)(C)C)cc2)C1[Si](C)(C)C1C(C)CC2C1CC1CCCC1C2c1ccc(C(C)(C)C)cc1.[CH3-].[CH3-].[Cl][Zr+2][Cl]. The van der Waals surface area contributed by atoms with Crippen LogP contribution in [-0.2, 0) is 31.7 Å². The Morgan fingerprint density at radius 1 is 0.519 bits per heavy atom. The van der Waals surface area contributed by atoms with Crippen molar-refractivity contribution in [2.75, 3.05) is 0 Å². The van der Waals surface area contributed by atoms with Crippen molar-refractivity contribution < 1.29 is 20.8 Å². The van der Waals surface area contributed by atoms with Gasteiger partial charge < -0.3 is 14.9 Å². The van der Waals surface area contributed by atoms with Crippen LogP contribution in [-0.4, -0.2) is 8.07 Å². The molecule has 0 radical (unpaired) electrons. The van der Waals surface area contributed by atoms with Crippen molar-refractivity contribution in [2.45, 2.75) is 166 Å². The third-order valence-electron chi connectivity index (χ3n) is 17.0. The zero-order chi connectivity index (χ0) is 37.3. The summed E-state index contributed by atoms with van der Waals surface area (Å²) in [6, 6.07) is 20.4. The predicted octanol–water partition coefficient (Wildman–Crippen LogP) is 16.1. The summed E-state index contributed by atoms with van der Waals surface area (Å²) in [5.74, 6) is 11.0. The average Bonchev–Trinajstić information content (AvgIpc) is 3.86. The molecule has 0 saturated heterocycles. The molecule has 2 aromatic carbocycles. The summed E-state index contributed by atoms with van der Waals surface area (Å²) < 4.78 is 0. The Hall–Kier alpha value is 0.120. The van der Waals surface area contributed by atoms with Gasteiger partial charge in [0, 0.05) is 0 Å². The maximum absolute atomic E-state index is 4.93. The van der Waals surface area contributed by atoms with E-state index in [2.05, 4.69) is 117 Å². The molecule has 6 aliphatic carbocycles. The van der Waals surface area contributed by atoms with E-state index in [4.69, 9.17) is 17.0 Å². The number of benzene rings is 2. The number of hydrogen-bond donors (Lipinski definition) is 0. The number of fused-ring (bicyclic) bond motifs is 4. The normalized spacial score (nSPS) is 38.4. The molecule has 0 amide bonds. The Bertz CT molecular complexity index is 1390. The topological polar surface area (TPSA) is 0 Å². The Morgan fingerprint density at radius 2 is 0.852 bits per heavy atom. The summed E-state index contributed by atoms with van der Waals surface area (Å²) in [6.45, 7) is 25.7. The zero-order valence-corrected chi connectivity index (χ0v) is 41.5. The zero-order valence-electron chi connectivity index (χ0n) is 36.5. The molecule has 0 N–H and O–H groups in total. The van der Waals surface area contributed by atoms with Gasteiger partial charge >= 0.3 is 37.9 Å². The van der Waals surface area contributed by atoms with E-state index in [1.165, 1.54) is 62.5 Å². The fourth-order valence-electron chi connectivity index (χ4n) is 15.5. The summed E-state index contributed by atoms with van der Waals surface area (Å²) in [5, 5.41) is 0. The first-order valence-corrected chi connectivity index (χ1v) is 31.2. The third-order valence-corrected chi connectivity index (χ3v) is 22.4. The molecule has 54 heavy (non-hydrogen) atoms. The fourth-order valence-corrected chi connectivity index (χ4v) is 22.2. The van der Waals surface area contributed by atoms with Crippen LogP contribution in [0.2, 0.25) is 24.2 Å².